The third kappa shape index (κ3) is 6.09. The van der Waals surface area contributed by atoms with E-state index in [0.717, 1.165) is 11.1 Å². The second-order valence-corrected chi connectivity index (χ2v) is 9.53. The first-order chi connectivity index (χ1) is 13.2. The van der Waals surface area contributed by atoms with Gasteiger partial charge in [-0.3, -0.25) is 4.79 Å². The van der Waals surface area contributed by atoms with Gasteiger partial charge in [0, 0.05) is 0 Å². The van der Waals surface area contributed by atoms with Crippen molar-refractivity contribution >= 4 is 27.7 Å². The first-order valence-corrected chi connectivity index (χ1v) is 12.1. The molecule has 152 valence electrons. The number of benzene rings is 2. The minimum absolute atomic E-state index is 0.212. The normalized spacial score (nSPS) is 13.7. The van der Waals surface area contributed by atoms with Crippen LogP contribution in [0.15, 0.2) is 53.4 Å². The number of carbonyl (C=O) groups excluding carboxylic acids is 1. The molecule has 2 unspecified atom stereocenters. The van der Waals surface area contributed by atoms with Crippen molar-refractivity contribution < 1.29 is 13.2 Å². The molecule has 0 aliphatic carbocycles. The van der Waals surface area contributed by atoms with Gasteiger partial charge in [0.15, 0.2) is 0 Å². The first-order valence-electron chi connectivity index (χ1n) is 9.18. The zero-order valence-corrected chi connectivity index (χ0v) is 18.4. The Hall–Kier alpha value is -1.83. The van der Waals surface area contributed by atoms with E-state index >= 15 is 0 Å². The van der Waals surface area contributed by atoms with Crippen molar-refractivity contribution in [3.8, 4) is 0 Å². The third-order valence-electron chi connectivity index (χ3n) is 4.52. The molecule has 0 aliphatic rings. The monoisotopic (exact) mass is 420 g/mol. The van der Waals surface area contributed by atoms with E-state index in [2.05, 4.69) is 10.0 Å². The van der Waals surface area contributed by atoms with Gasteiger partial charge in [0.25, 0.3) is 0 Å². The number of carbonyl (C=O) groups is 1. The van der Waals surface area contributed by atoms with Gasteiger partial charge in [0.1, 0.15) is 6.04 Å². The van der Waals surface area contributed by atoms with Gasteiger partial charge in [-0.25, -0.2) is 8.42 Å². The summed E-state index contributed by atoms with van der Waals surface area (Å²) >= 11 is 1.58. The predicted molar refractivity (Wildman–Crippen MR) is 116 cm³/mol. The molecular formula is C21H28N2O3S2. The second kappa shape index (κ2) is 10.1. The summed E-state index contributed by atoms with van der Waals surface area (Å²) in [7, 11) is -3.81. The molecule has 0 aliphatic heterocycles. The minimum Gasteiger partial charge on any atom is -0.348 e. The number of hydrogen-bond acceptors (Lipinski definition) is 4. The number of hydrogen-bond donors (Lipinski definition) is 2. The lowest BCUT2D eigenvalue weighted by Crippen LogP contribution is -2.47. The molecule has 0 heterocycles. The molecule has 28 heavy (non-hydrogen) atoms. The molecule has 0 bridgehead atoms. The van der Waals surface area contributed by atoms with Crippen LogP contribution in [-0.2, 0) is 14.8 Å². The van der Waals surface area contributed by atoms with E-state index < -0.39 is 16.1 Å². The summed E-state index contributed by atoms with van der Waals surface area (Å²) in [6, 6.07) is 13.8. The van der Waals surface area contributed by atoms with Gasteiger partial charge in [-0.15, -0.1) is 0 Å². The predicted octanol–water partition coefficient (Wildman–Crippen LogP) is 3.58. The van der Waals surface area contributed by atoms with E-state index in [-0.39, 0.29) is 16.8 Å². The molecule has 0 aromatic heterocycles. The zero-order valence-electron chi connectivity index (χ0n) is 16.7. The highest BCUT2D eigenvalue weighted by Gasteiger charge is 2.27. The summed E-state index contributed by atoms with van der Waals surface area (Å²) in [5, 5.41) is 2.93. The largest absolute Gasteiger partial charge is 0.348 e. The van der Waals surface area contributed by atoms with Crippen molar-refractivity contribution in [2.45, 2.75) is 44.2 Å². The van der Waals surface area contributed by atoms with Crippen LogP contribution < -0.4 is 10.0 Å². The molecule has 1 amide bonds. The second-order valence-electron chi connectivity index (χ2n) is 6.87. The SMILES string of the molecule is CSCCC(NS(=O)(=O)c1cc(C)ccc1C)C(=O)NC(C)c1ccccc1. The fourth-order valence-electron chi connectivity index (χ4n) is 2.87. The summed E-state index contributed by atoms with van der Waals surface area (Å²) in [4.78, 5) is 13.1. The van der Waals surface area contributed by atoms with Gasteiger partial charge < -0.3 is 5.32 Å². The molecule has 5 nitrogen and oxygen atoms in total. The van der Waals surface area contributed by atoms with E-state index in [9.17, 15) is 13.2 Å². The van der Waals surface area contributed by atoms with Gasteiger partial charge in [0.2, 0.25) is 15.9 Å². The van der Waals surface area contributed by atoms with Crippen LogP contribution in [-0.4, -0.2) is 32.4 Å². The molecular weight excluding hydrogens is 392 g/mol. The average Bonchev–Trinajstić information content (AvgIpc) is 2.67. The van der Waals surface area contributed by atoms with Crippen LogP contribution >= 0.6 is 11.8 Å². The maximum absolute atomic E-state index is 12.9. The molecule has 2 rings (SSSR count). The van der Waals surface area contributed by atoms with Gasteiger partial charge in [-0.2, -0.15) is 16.5 Å². The number of rotatable bonds is 9. The Labute approximate surface area is 172 Å². The molecule has 0 radical (unpaired) electrons. The van der Waals surface area contributed by atoms with Crippen molar-refractivity contribution in [1.29, 1.82) is 0 Å². The molecule has 0 saturated carbocycles. The number of amides is 1. The summed E-state index contributed by atoms with van der Waals surface area (Å²) < 4.78 is 28.5. The van der Waals surface area contributed by atoms with Crippen molar-refractivity contribution in [3.63, 3.8) is 0 Å². The van der Waals surface area contributed by atoms with Crippen LogP contribution in [0, 0.1) is 13.8 Å². The molecule has 0 fully saturated rings. The Morgan fingerprint density at radius 1 is 1.11 bits per heavy atom. The van der Waals surface area contributed by atoms with Crippen molar-refractivity contribution in [2.75, 3.05) is 12.0 Å². The number of aryl methyl sites for hydroxylation is 2. The lowest BCUT2D eigenvalue weighted by atomic mass is 10.1. The molecule has 7 heteroatoms. The van der Waals surface area contributed by atoms with Crippen molar-refractivity contribution in [3.05, 3.63) is 65.2 Å². The van der Waals surface area contributed by atoms with Gasteiger partial charge in [-0.1, -0.05) is 42.5 Å². The number of thioether (sulfide) groups is 1. The quantitative estimate of drug-likeness (QED) is 0.650. The van der Waals surface area contributed by atoms with Crippen LogP contribution in [0.25, 0.3) is 0 Å². The standard InChI is InChI=1S/C21H28N2O3S2/c1-15-10-11-16(2)20(14-15)28(25,26)23-19(12-13-27-4)21(24)22-17(3)18-8-6-5-7-9-18/h5-11,14,17,19,23H,12-13H2,1-4H3,(H,22,24). The van der Waals surface area contributed by atoms with Crippen LogP contribution in [0.5, 0.6) is 0 Å². The number of sulfonamides is 1. The fourth-order valence-corrected chi connectivity index (χ4v) is 4.90. The maximum atomic E-state index is 12.9. The van der Waals surface area contributed by atoms with E-state index in [1.165, 1.54) is 0 Å². The van der Waals surface area contributed by atoms with Crippen LogP contribution in [0.4, 0.5) is 0 Å². The van der Waals surface area contributed by atoms with E-state index in [4.69, 9.17) is 0 Å². The average molecular weight is 421 g/mol. The van der Waals surface area contributed by atoms with Gasteiger partial charge >= 0.3 is 0 Å². The van der Waals surface area contributed by atoms with Gasteiger partial charge in [-0.05, 0) is 62.0 Å². The van der Waals surface area contributed by atoms with E-state index in [1.807, 2.05) is 56.5 Å². The lowest BCUT2D eigenvalue weighted by molar-refractivity contribution is -0.123. The van der Waals surface area contributed by atoms with Crippen molar-refractivity contribution in [1.82, 2.24) is 10.0 Å². The summed E-state index contributed by atoms with van der Waals surface area (Å²) in [6.45, 7) is 5.48. The zero-order chi connectivity index (χ0) is 20.7. The molecule has 2 aromatic rings. The molecule has 2 N–H and O–H groups in total. The Morgan fingerprint density at radius 3 is 2.43 bits per heavy atom. The Balaban J connectivity index is 2.20. The highest BCUT2D eigenvalue weighted by molar-refractivity contribution is 7.98. The van der Waals surface area contributed by atoms with E-state index in [0.29, 0.717) is 17.7 Å². The highest BCUT2D eigenvalue weighted by atomic mass is 32.2. The summed E-state index contributed by atoms with van der Waals surface area (Å²) in [5.41, 5.74) is 2.48. The lowest BCUT2D eigenvalue weighted by Gasteiger charge is -2.22. The van der Waals surface area contributed by atoms with Crippen LogP contribution in [0.3, 0.4) is 0 Å². The first kappa shape index (κ1) is 22.5. The minimum atomic E-state index is -3.81. The van der Waals surface area contributed by atoms with Crippen LogP contribution in [0.1, 0.15) is 36.1 Å². The molecule has 2 atom stereocenters. The summed E-state index contributed by atoms with van der Waals surface area (Å²) in [5.74, 6) is 0.354. The smallest absolute Gasteiger partial charge is 0.241 e. The Bertz CT molecular complexity index is 899. The maximum Gasteiger partial charge on any atom is 0.241 e. The molecule has 2 aromatic carbocycles. The van der Waals surface area contributed by atoms with Crippen molar-refractivity contribution in [2.24, 2.45) is 0 Å². The fraction of sp³-hybridized carbons (Fsp3) is 0.381. The highest BCUT2D eigenvalue weighted by Crippen LogP contribution is 2.18. The Kier molecular flexibility index (Phi) is 8.10. The topological polar surface area (TPSA) is 75.3 Å². The Morgan fingerprint density at radius 2 is 1.79 bits per heavy atom. The number of nitrogens with one attached hydrogen (secondary N) is 2. The van der Waals surface area contributed by atoms with E-state index in [1.54, 1.807) is 30.8 Å². The van der Waals surface area contributed by atoms with Gasteiger partial charge in [0.05, 0.1) is 10.9 Å². The molecule has 0 saturated heterocycles. The van der Waals surface area contributed by atoms with Crippen LogP contribution in [0.2, 0.25) is 0 Å². The third-order valence-corrected chi connectivity index (χ3v) is 6.77. The summed E-state index contributed by atoms with van der Waals surface area (Å²) in [6.07, 6.45) is 2.35. The molecule has 0 spiro atoms.